The van der Waals surface area contributed by atoms with Crippen molar-refractivity contribution >= 4 is 5.91 Å². The number of carbonyl (C=O) groups is 1. The van der Waals surface area contributed by atoms with Gasteiger partial charge in [-0.05, 0) is 39.0 Å². The molecule has 0 aliphatic carbocycles. The number of piperidine rings is 2. The van der Waals surface area contributed by atoms with Gasteiger partial charge in [0.25, 0.3) is 0 Å². The van der Waals surface area contributed by atoms with Gasteiger partial charge in [0.1, 0.15) is 0 Å². The van der Waals surface area contributed by atoms with Crippen molar-refractivity contribution in [3.63, 3.8) is 0 Å². The van der Waals surface area contributed by atoms with Crippen LogP contribution in [0.15, 0.2) is 0 Å². The first-order chi connectivity index (χ1) is 8.89. The lowest BCUT2D eigenvalue weighted by atomic mass is 9.92. The first-order valence-electron chi connectivity index (χ1n) is 7.00. The molecule has 2 saturated heterocycles. The SMILES string of the molecule is CC1CCCCN1C(=O)C1CCC(C(F)(F)F)CN1. The van der Waals surface area contributed by atoms with E-state index in [1.165, 1.54) is 0 Å². The van der Waals surface area contributed by atoms with E-state index >= 15 is 0 Å². The van der Waals surface area contributed by atoms with Crippen molar-refractivity contribution in [1.82, 2.24) is 10.2 Å². The highest BCUT2D eigenvalue weighted by Gasteiger charge is 2.43. The second-order valence-corrected chi connectivity index (χ2v) is 5.65. The Labute approximate surface area is 111 Å². The van der Waals surface area contributed by atoms with E-state index in [0.717, 1.165) is 25.8 Å². The lowest BCUT2D eigenvalue weighted by Crippen LogP contribution is -2.55. The summed E-state index contributed by atoms with van der Waals surface area (Å²) in [5.74, 6) is -1.33. The van der Waals surface area contributed by atoms with Crippen molar-refractivity contribution in [2.45, 2.75) is 57.3 Å². The Balaban J connectivity index is 1.88. The van der Waals surface area contributed by atoms with Gasteiger partial charge in [-0.15, -0.1) is 0 Å². The summed E-state index contributed by atoms with van der Waals surface area (Å²) in [5.41, 5.74) is 0. The molecule has 2 aliphatic rings. The molecule has 2 aliphatic heterocycles. The van der Waals surface area contributed by atoms with E-state index in [9.17, 15) is 18.0 Å². The molecule has 110 valence electrons. The second-order valence-electron chi connectivity index (χ2n) is 5.65. The van der Waals surface area contributed by atoms with Gasteiger partial charge in [0.2, 0.25) is 5.91 Å². The number of carbonyl (C=O) groups excluding carboxylic acids is 1. The van der Waals surface area contributed by atoms with Crippen molar-refractivity contribution < 1.29 is 18.0 Å². The Morgan fingerprint density at radius 2 is 1.95 bits per heavy atom. The number of likely N-dealkylation sites (tertiary alicyclic amines) is 1. The van der Waals surface area contributed by atoms with Crippen LogP contribution in [-0.4, -0.2) is 42.2 Å². The lowest BCUT2D eigenvalue weighted by Gasteiger charge is -2.38. The summed E-state index contributed by atoms with van der Waals surface area (Å²) in [7, 11) is 0. The lowest BCUT2D eigenvalue weighted by molar-refractivity contribution is -0.181. The van der Waals surface area contributed by atoms with Crippen LogP contribution in [0, 0.1) is 5.92 Å². The van der Waals surface area contributed by atoms with Gasteiger partial charge >= 0.3 is 6.18 Å². The average Bonchev–Trinajstić information content (AvgIpc) is 2.38. The molecule has 3 nitrogen and oxygen atoms in total. The van der Waals surface area contributed by atoms with Gasteiger partial charge in [0.05, 0.1) is 12.0 Å². The summed E-state index contributed by atoms with van der Waals surface area (Å²) >= 11 is 0. The number of hydrogen-bond donors (Lipinski definition) is 1. The molecule has 1 N–H and O–H groups in total. The molecule has 2 fully saturated rings. The van der Waals surface area contributed by atoms with Crippen molar-refractivity contribution in [1.29, 1.82) is 0 Å². The molecule has 1 amide bonds. The van der Waals surface area contributed by atoms with Gasteiger partial charge in [-0.1, -0.05) is 0 Å². The quantitative estimate of drug-likeness (QED) is 0.798. The van der Waals surface area contributed by atoms with Crippen LogP contribution in [0.4, 0.5) is 13.2 Å². The smallest absolute Gasteiger partial charge is 0.339 e. The molecule has 19 heavy (non-hydrogen) atoms. The predicted molar refractivity (Wildman–Crippen MR) is 65.6 cm³/mol. The van der Waals surface area contributed by atoms with Crippen LogP contribution in [0.5, 0.6) is 0 Å². The van der Waals surface area contributed by atoms with Crippen molar-refractivity contribution in [3.8, 4) is 0 Å². The molecule has 0 radical (unpaired) electrons. The van der Waals surface area contributed by atoms with Gasteiger partial charge in [-0.25, -0.2) is 0 Å². The molecule has 0 bridgehead atoms. The molecular weight excluding hydrogens is 257 g/mol. The number of alkyl halides is 3. The molecule has 0 aromatic carbocycles. The van der Waals surface area contributed by atoms with Crippen LogP contribution < -0.4 is 5.32 Å². The summed E-state index contributed by atoms with van der Waals surface area (Å²) in [6.07, 6.45) is -0.711. The Hall–Kier alpha value is -0.780. The van der Waals surface area contributed by atoms with Crippen LogP contribution in [-0.2, 0) is 4.79 Å². The zero-order valence-electron chi connectivity index (χ0n) is 11.2. The normalized spacial score (nSPS) is 33.3. The highest BCUT2D eigenvalue weighted by molar-refractivity contribution is 5.82. The minimum absolute atomic E-state index is 0.0205. The number of nitrogens with zero attached hydrogens (tertiary/aromatic N) is 1. The zero-order valence-corrected chi connectivity index (χ0v) is 11.2. The Bertz CT molecular complexity index is 324. The molecule has 2 rings (SSSR count). The predicted octanol–water partition coefficient (Wildman–Crippen LogP) is 2.32. The van der Waals surface area contributed by atoms with Crippen LogP contribution in [0.1, 0.15) is 39.0 Å². The van der Waals surface area contributed by atoms with E-state index in [4.69, 9.17) is 0 Å². The third-order valence-corrected chi connectivity index (χ3v) is 4.26. The molecule has 0 saturated carbocycles. The summed E-state index contributed by atoms with van der Waals surface area (Å²) in [5, 5.41) is 2.78. The Kier molecular flexibility index (Phi) is 4.38. The highest BCUT2D eigenvalue weighted by Crippen LogP contribution is 2.32. The van der Waals surface area contributed by atoms with Crippen LogP contribution in [0.25, 0.3) is 0 Å². The topological polar surface area (TPSA) is 32.3 Å². The number of hydrogen-bond acceptors (Lipinski definition) is 2. The van der Waals surface area contributed by atoms with E-state index in [1.807, 2.05) is 11.8 Å². The summed E-state index contributed by atoms with van der Waals surface area (Å²) < 4.78 is 37.7. The van der Waals surface area contributed by atoms with E-state index in [2.05, 4.69) is 5.32 Å². The summed E-state index contributed by atoms with van der Waals surface area (Å²) in [6.45, 7) is 2.61. The molecule has 0 aromatic rings. The maximum absolute atomic E-state index is 12.6. The van der Waals surface area contributed by atoms with Gasteiger partial charge in [0.15, 0.2) is 0 Å². The highest BCUT2D eigenvalue weighted by atomic mass is 19.4. The number of amides is 1. The van der Waals surface area contributed by atoms with Crippen molar-refractivity contribution in [2.75, 3.05) is 13.1 Å². The fourth-order valence-corrected chi connectivity index (χ4v) is 2.97. The average molecular weight is 278 g/mol. The maximum Gasteiger partial charge on any atom is 0.393 e. The molecule has 0 spiro atoms. The Morgan fingerprint density at radius 1 is 1.21 bits per heavy atom. The maximum atomic E-state index is 12.6. The summed E-state index contributed by atoms with van der Waals surface area (Å²) in [6, 6.07) is -0.220. The molecular formula is C13H21F3N2O. The largest absolute Gasteiger partial charge is 0.393 e. The van der Waals surface area contributed by atoms with Gasteiger partial charge < -0.3 is 10.2 Å². The number of nitrogens with one attached hydrogen (secondary N) is 1. The van der Waals surface area contributed by atoms with Crippen molar-refractivity contribution in [2.24, 2.45) is 5.92 Å². The standard InChI is InChI=1S/C13H21F3N2O/c1-9-4-2-3-7-18(9)12(19)11-6-5-10(8-17-11)13(14,15)16/h9-11,17H,2-8H2,1H3. The van der Waals surface area contributed by atoms with Gasteiger partial charge in [-0.2, -0.15) is 13.2 Å². The van der Waals surface area contributed by atoms with E-state index in [0.29, 0.717) is 0 Å². The fraction of sp³-hybridized carbons (Fsp3) is 0.923. The van der Waals surface area contributed by atoms with E-state index in [-0.39, 0.29) is 31.3 Å². The monoisotopic (exact) mass is 278 g/mol. The van der Waals surface area contributed by atoms with Gasteiger partial charge in [0, 0.05) is 19.1 Å². The first kappa shape index (κ1) is 14.6. The fourth-order valence-electron chi connectivity index (χ4n) is 2.97. The summed E-state index contributed by atoms with van der Waals surface area (Å²) in [4.78, 5) is 14.1. The second kappa shape index (κ2) is 5.69. The van der Waals surface area contributed by atoms with Gasteiger partial charge in [-0.3, -0.25) is 4.79 Å². The van der Waals surface area contributed by atoms with Crippen molar-refractivity contribution in [3.05, 3.63) is 0 Å². The molecule has 2 heterocycles. The molecule has 6 heteroatoms. The first-order valence-corrected chi connectivity index (χ1v) is 7.00. The van der Waals surface area contributed by atoms with E-state index in [1.54, 1.807) is 0 Å². The van der Waals surface area contributed by atoms with Crippen LogP contribution in [0.2, 0.25) is 0 Å². The number of halogens is 3. The molecule has 3 unspecified atom stereocenters. The molecule has 0 aromatic heterocycles. The molecule has 3 atom stereocenters. The zero-order chi connectivity index (χ0) is 14.0. The van der Waals surface area contributed by atoms with Crippen LogP contribution >= 0.6 is 0 Å². The minimum Gasteiger partial charge on any atom is -0.339 e. The van der Waals surface area contributed by atoms with Crippen LogP contribution in [0.3, 0.4) is 0 Å². The van der Waals surface area contributed by atoms with E-state index < -0.39 is 18.1 Å². The third kappa shape index (κ3) is 3.41. The minimum atomic E-state index is -4.15. The Morgan fingerprint density at radius 3 is 2.47 bits per heavy atom. The third-order valence-electron chi connectivity index (χ3n) is 4.26. The number of rotatable bonds is 1.